The highest BCUT2D eigenvalue weighted by molar-refractivity contribution is 5.76. The zero-order valence-corrected chi connectivity index (χ0v) is 9.79. The molecule has 0 aromatic heterocycles. The number of methoxy groups -OCH3 is 1. The number of nitrogens with one attached hydrogen (secondary N) is 1. The third kappa shape index (κ3) is 4.18. The molecule has 1 atom stereocenters. The Morgan fingerprint density at radius 2 is 2.40 bits per heavy atom. The van der Waals surface area contributed by atoms with Crippen molar-refractivity contribution in [3.8, 4) is 0 Å². The van der Waals surface area contributed by atoms with Crippen LogP contribution in [-0.2, 0) is 9.53 Å². The van der Waals surface area contributed by atoms with Gasteiger partial charge in [-0.3, -0.25) is 4.79 Å². The summed E-state index contributed by atoms with van der Waals surface area (Å²) in [7, 11) is 1.67. The molecule has 0 saturated carbocycles. The summed E-state index contributed by atoms with van der Waals surface area (Å²) in [6.45, 7) is 6.19. The maximum Gasteiger partial charge on any atom is 0.222 e. The molecule has 1 heterocycles. The highest BCUT2D eigenvalue weighted by atomic mass is 16.5. The maximum absolute atomic E-state index is 11.9. The van der Waals surface area contributed by atoms with Crippen LogP contribution in [0.5, 0.6) is 0 Å². The van der Waals surface area contributed by atoms with Crippen molar-refractivity contribution < 1.29 is 9.53 Å². The van der Waals surface area contributed by atoms with E-state index in [1.165, 1.54) is 0 Å². The molecule has 0 aromatic carbocycles. The Labute approximate surface area is 92.0 Å². The van der Waals surface area contributed by atoms with E-state index in [1.54, 1.807) is 7.11 Å². The third-order valence-electron chi connectivity index (χ3n) is 2.93. The van der Waals surface area contributed by atoms with Crippen LogP contribution in [0.1, 0.15) is 19.8 Å². The molecule has 4 heteroatoms. The second-order valence-electron chi connectivity index (χ2n) is 4.03. The Bertz CT molecular complexity index is 191. The standard InChI is InChI=1S/C11H22N2O2/c1-3-13(6-7-15-2)11(14)8-10-4-5-12-9-10/h10,12H,3-9H2,1-2H3. The minimum atomic E-state index is 0.267. The molecule has 0 aliphatic carbocycles. The van der Waals surface area contributed by atoms with Crippen molar-refractivity contribution in [1.29, 1.82) is 0 Å². The topological polar surface area (TPSA) is 41.6 Å². The molecule has 0 spiro atoms. The fourth-order valence-corrected chi connectivity index (χ4v) is 1.93. The van der Waals surface area contributed by atoms with Gasteiger partial charge in [-0.2, -0.15) is 0 Å². The predicted octanol–water partition coefficient (Wildman–Crippen LogP) is 0.481. The summed E-state index contributed by atoms with van der Waals surface area (Å²) < 4.78 is 4.99. The Kier molecular flexibility index (Phi) is 5.65. The van der Waals surface area contributed by atoms with Crippen molar-refractivity contribution in [3.05, 3.63) is 0 Å². The molecule has 15 heavy (non-hydrogen) atoms. The van der Waals surface area contributed by atoms with E-state index < -0.39 is 0 Å². The first kappa shape index (κ1) is 12.5. The van der Waals surface area contributed by atoms with Crippen LogP contribution < -0.4 is 5.32 Å². The molecule has 88 valence electrons. The first-order chi connectivity index (χ1) is 7.27. The fraction of sp³-hybridized carbons (Fsp3) is 0.909. The number of hydrogen-bond donors (Lipinski definition) is 1. The van der Waals surface area contributed by atoms with Crippen molar-refractivity contribution in [2.24, 2.45) is 5.92 Å². The minimum Gasteiger partial charge on any atom is -0.383 e. The molecule has 1 saturated heterocycles. The first-order valence-electron chi connectivity index (χ1n) is 5.75. The van der Waals surface area contributed by atoms with Crippen molar-refractivity contribution in [2.45, 2.75) is 19.8 Å². The Morgan fingerprint density at radius 3 is 2.93 bits per heavy atom. The molecular formula is C11H22N2O2. The smallest absolute Gasteiger partial charge is 0.222 e. The Morgan fingerprint density at radius 1 is 1.60 bits per heavy atom. The van der Waals surface area contributed by atoms with Crippen LogP contribution in [0.3, 0.4) is 0 Å². The van der Waals surface area contributed by atoms with Crippen LogP contribution in [0.25, 0.3) is 0 Å². The summed E-state index contributed by atoms with van der Waals surface area (Å²) in [5.74, 6) is 0.803. The van der Waals surface area contributed by atoms with Crippen molar-refractivity contribution >= 4 is 5.91 Å². The van der Waals surface area contributed by atoms with E-state index in [1.807, 2.05) is 11.8 Å². The normalized spacial score (nSPS) is 20.5. The monoisotopic (exact) mass is 214 g/mol. The number of carbonyl (C=O) groups is 1. The zero-order valence-electron chi connectivity index (χ0n) is 9.79. The SMILES string of the molecule is CCN(CCOC)C(=O)CC1CCNC1. The number of nitrogens with zero attached hydrogens (tertiary/aromatic N) is 1. The number of ether oxygens (including phenoxy) is 1. The molecule has 1 N–H and O–H groups in total. The maximum atomic E-state index is 11.9. The molecule has 1 unspecified atom stereocenters. The van der Waals surface area contributed by atoms with Gasteiger partial charge in [0.15, 0.2) is 0 Å². The highest BCUT2D eigenvalue weighted by Gasteiger charge is 2.20. The molecule has 1 amide bonds. The van der Waals surface area contributed by atoms with Gasteiger partial charge in [0.2, 0.25) is 5.91 Å². The second kappa shape index (κ2) is 6.80. The minimum absolute atomic E-state index is 0.267. The Hall–Kier alpha value is -0.610. The lowest BCUT2D eigenvalue weighted by Gasteiger charge is -2.21. The second-order valence-corrected chi connectivity index (χ2v) is 4.03. The first-order valence-corrected chi connectivity index (χ1v) is 5.75. The molecule has 1 aliphatic rings. The number of hydrogen-bond acceptors (Lipinski definition) is 3. The van der Waals surface area contributed by atoms with E-state index in [2.05, 4.69) is 5.32 Å². The van der Waals surface area contributed by atoms with E-state index >= 15 is 0 Å². The Balaban J connectivity index is 2.28. The van der Waals surface area contributed by atoms with Crippen LogP contribution >= 0.6 is 0 Å². The van der Waals surface area contributed by atoms with Gasteiger partial charge >= 0.3 is 0 Å². The van der Waals surface area contributed by atoms with Gasteiger partial charge in [-0.1, -0.05) is 0 Å². The molecule has 4 nitrogen and oxygen atoms in total. The van der Waals surface area contributed by atoms with E-state index in [0.717, 1.165) is 26.1 Å². The quantitative estimate of drug-likeness (QED) is 0.699. The van der Waals surface area contributed by atoms with Crippen molar-refractivity contribution in [1.82, 2.24) is 10.2 Å². The van der Waals surface area contributed by atoms with Gasteiger partial charge in [-0.15, -0.1) is 0 Å². The van der Waals surface area contributed by atoms with Crippen LogP contribution in [-0.4, -0.2) is 50.7 Å². The lowest BCUT2D eigenvalue weighted by atomic mass is 10.0. The van der Waals surface area contributed by atoms with Crippen LogP contribution in [0.4, 0.5) is 0 Å². The van der Waals surface area contributed by atoms with E-state index in [-0.39, 0.29) is 5.91 Å². The molecule has 0 bridgehead atoms. The number of carbonyl (C=O) groups excluding carboxylic acids is 1. The predicted molar refractivity (Wildman–Crippen MR) is 59.7 cm³/mol. The lowest BCUT2D eigenvalue weighted by molar-refractivity contribution is -0.132. The van der Waals surface area contributed by atoms with Gasteiger partial charge in [0.05, 0.1) is 6.61 Å². The van der Waals surface area contributed by atoms with E-state index in [9.17, 15) is 4.79 Å². The molecular weight excluding hydrogens is 192 g/mol. The molecule has 0 aromatic rings. The molecule has 1 rings (SSSR count). The summed E-state index contributed by atoms with van der Waals surface area (Å²) in [6.07, 6.45) is 1.82. The average Bonchev–Trinajstić information content (AvgIpc) is 2.71. The third-order valence-corrected chi connectivity index (χ3v) is 2.93. The van der Waals surface area contributed by atoms with Crippen molar-refractivity contribution in [2.75, 3.05) is 39.9 Å². The van der Waals surface area contributed by atoms with Crippen LogP contribution in [0, 0.1) is 5.92 Å². The molecule has 1 fully saturated rings. The van der Waals surface area contributed by atoms with Gasteiger partial charge in [0.25, 0.3) is 0 Å². The average molecular weight is 214 g/mol. The van der Waals surface area contributed by atoms with Crippen LogP contribution in [0.2, 0.25) is 0 Å². The van der Waals surface area contributed by atoms with Gasteiger partial charge in [0, 0.05) is 26.6 Å². The number of likely N-dealkylation sites (N-methyl/N-ethyl adjacent to an activating group) is 1. The summed E-state index contributed by atoms with van der Waals surface area (Å²) in [4.78, 5) is 13.8. The summed E-state index contributed by atoms with van der Waals surface area (Å²) in [6, 6.07) is 0. The summed E-state index contributed by atoms with van der Waals surface area (Å²) in [5, 5.41) is 3.28. The lowest BCUT2D eigenvalue weighted by Crippen LogP contribution is -2.35. The molecule has 1 aliphatic heterocycles. The zero-order chi connectivity index (χ0) is 11.1. The van der Waals surface area contributed by atoms with Crippen molar-refractivity contribution in [3.63, 3.8) is 0 Å². The van der Waals surface area contributed by atoms with Gasteiger partial charge in [-0.25, -0.2) is 0 Å². The van der Waals surface area contributed by atoms with Gasteiger partial charge in [0.1, 0.15) is 0 Å². The van der Waals surface area contributed by atoms with Crippen LogP contribution in [0.15, 0.2) is 0 Å². The largest absolute Gasteiger partial charge is 0.383 e. The summed E-state index contributed by atoms with van der Waals surface area (Å²) in [5.41, 5.74) is 0. The highest BCUT2D eigenvalue weighted by Crippen LogP contribution is 2.13. The number of rotatable bonds is 6. The number of amides is 1. The van der Waals surface area contributed by atoms with E-state index in [0.29, 0.717) is 25.5 Å². The summed E-state index contributed by atoms with van der Waals surface area (Å²) >= 11 is 0. The van der Waals surface area contributed by atoms with E-state index in [4.69, 9.17) is 4.74 Å². The molecule has 0 radical (unpaired) electrons. The van der Waals surface area contributed by atoms with Gasteiger partial charge in [-0.05, 0) is 32.4 Å². The van der Waals surface area contributed by atoms with Gasteiger partial charge < -0.3 is 15.0 Å². The fourth-order valence-electron chi connectivity index (χ4n) is 1.93.